The molecule has 2 heterocycles. The first kappa shape index (κ1) is 13.5. The number of hydrogen-bond donors (Lipinski definition) is 1. The number of fused-ring (bicyclic) bond motifs is 1. The summed E-state index contributed by atoms with van der Waals surface area (Å²) in [7, 11) is 1.10. The lowest BCUT2D eigenvalue weighted by atomic mass is 10.2. The van der Waals surface area contributed by atoms with Gasteiger partial charge >= 0.3 is 0 Å². The summed E-state index contributed by atoms with van der Waals surface area (Å²) in [4.78, 5) is 3.22. The molecule has 0 radical (unpaired) electrons. The average Bonchev–Trinajstić information content (AvgIpc) is 2.76. The van der Waals surface area contributed by atoms with Crippen LogP contribution in [-0.4, -0.2) is 35.5 Å². The van der Waals surface area contributed by atoms with Gasteiger partial charge in [-0.2, -0.15) is 5.10 Å². The normalized spacial score (nSPS) is 13.3. The van der Waals surface area contributed by atoms with Crippen molar-refractivity contribution in [2.45, 2.75) is 26.3 Å². The van der Waals surface area contributed by atoms with Crippen LogP contribution in [0.2, 0.25) is 0 Å². The predicted octanol–water partition coefficient (Wildman–Crippen LogP) is 1.76. The zero-order valence-corrected chi connectivity index (χ0v) is 12.5. The van der Waals surface area contributed by atoms with Crippen LogP contribution in [0.1, 0.15) is 19.0 Å². The minimum absolute atomic E-state index is 0.607. The molecule has 0 aromatic carbocycles. The highest BCUT2D eigenvalue weighted by Crippen LogP contribution is 2.18. The van der Waals surface area contributed by atoms with E-state index >= 15 is 0 Å². The molecule has 0 bridgehead atoms. The number of H-pyrrole nitrogens is 1. The summed E-state index contributed by atoms with van der Waals surface area (Å²) in [5.74, 6) is 0.607. The van der Waals surface area contributed by atoms with Gasteiger partial charge in [0.1, 0.15) is 5.52 Å². The Morgan fingerprint density at radius 1 is 1.50 bits per heavy atom. The molecular weight excluding hydrogens is 268 g/mol. The fraction of sp³-hybridized carbons (Fsp3) is 0.636. The summed E-state index contributed by atoms with van der Waals surface area (Å²) in [5.41, 5.74) is 3.07. The highest BCUT2D eigenvalue weighted by atomic mass is 32.2. The van der Waals surface area contributed by atoms with Crippen molar-refractivity contribution in [3.63, 3.8) is 0 Å². The van der Waals surface area contributed by atoms with E-state index in [1.54, 1.807) is 6.26 Å². The van der Waals surface area contributed by atoms with E-state index in [9.17, 15) is 4.21 Å². The molecule has 1 atom stereocenters. The monoisotopic (exact) mass is 286 g/mol. The largest absolute Gasteiger partial charge is 0.328 e. The van der Waals surface area contributed by atoms with Crippen LogP contribution in [0.3, 0.4) is 0 Å². The van der Waals surface area contributed by atoms with Crippen molar-refractivity contribution >= 4 is 34.2 Å². The van der Waals surface area contributed by atoms with Crippen LogP contribution in [0.4, 0.5) is 0 Å². The Kier molecular flexibility index (Phi) is 4.01. The molecule has 18 heavy (non-hydrogen) atoms. The molecule has 2 aromatic heterocycles. The highest BCUT2D eigenvalue weighted by molar-refractivity contribution is 7.84. The molecule has 0 saturated carbocycles. The maximum absolute atomic E-state index is 11.2. The van der Waals surface area contributed by atoms with E-state index in [0.717, 1.165) is 29.7 Å². The lowest BCUT2D eigenvalue weighted by molar-refractivity contribution is 0.669. The molecule has 2 rings (SSSR count). The van der Waals surface area contributed by atoms with Gasteiger partial charge in [-0.1, -0.05) is 13.3 Å². The minimum Gasteiger partial charge on any atom is -0.328 e. The van der Waals surface area contributed by atoms with Crippen molar-refractivity contribution in [2.24, 2.45) is 7.05 Å². The average molecular weight is 286 g/mol. The van der Waals surface area contributed by atoms with Crippen LogP contribution in [0.25, 0.3) is 11.2 Å². The van der Waals surface area contributed by atoms with Gasteiger partial charge in [0.2, 0.25) is 0 Å². The Balaban J connectivity index is 2.50. The lowest BCUT2D eigenvalue weighted by Gasteiger charge is -2.02. The van der Waals surface area contributed by atoms with Crippen LogP contribution in [0.5, 0.6) is 0 Å². The van der Waals surface area contributed by atoms with Crippen molar-refractivity contribution < 1.29 is 4.21 Å². The second-order valence-corrected chi connectivity index (χ2v) is 6.32. The van der Waals surface area contributed by atoms with Crippen LogP contribution >= 0.6 is 12.2 Å². The zero-order chi connectivity index (χ0) is 13.3. The van der Waals surface area contributed by atoms with E-state index in [2.05, 4.69) is 17.0 Å². The van der Waals surface area contributed by atoms with E-state index in [1.807, 2.05) is 16.3 Å². The molecule has 0 spiro atoms. The van der Waals surface area contributed by atoms with E-state index in [0.29, 0.717) is 17.1 Å². The molecule has 1 unspecified atom stereocenters. The Morgan fingerprint density at radius 2 is 2.22 bits per heavy atom. The summed E-state index contributed by atoms with van der Waals surface area (Å²) < 4.78 is 15.7. The third-order valence-corrected chi connectivity index (χ3v) is 3.99. The molecule has 1 N–H and O–H groups in total. The van der Waals surface area contributed by atoms with E-state index in [4.69, 9.17) is 12.2 Å². The van der Waals surface area contributed by atoms with Crippen LogP contribution in [0, 0.1) is 4.77 Å². The van der Waals surface area contributed by atoms with Gasteiger partial charge in [0, 0.05) is 36.4 Å². The second-order valence-electron chi connectivity index (χ2n) is 4.38. The van der Waals surface area contributed by atoms with E-state index in [-0.39, 0.29) is 0 Å². The fourth-order valence-electron chi connectivity index (χ4n) is 2.12. The van der Waals surface area contributed by atoms with Gasteiger partial charge in [0.15, 0.2) is 10.4 Å². The first-order valence-corrected chi connectivity index (χ1v) is 8.12. The number of hydrogen-bond acceptors (Lipinski definition) is 3. The maximum Gasteiger partial charge on any atom is 0.179 e. The van der Waals surface area contributed by atoms with Crippen molar-refractivity contribution in [1.82, 2.24) is 19.3 Å². The van der Waals surface area contributed by atoms with Crippen molar-refractivity contribution in [3.8, 4) is 0 Å². The molecule has 100 valence electrons. The summed E-state index contributed by atoms with van der Waals surface area (Å²) in [5, 5.41) is 4.51. The number of aromatic amines is 1. The van der Waals surface area contributed by atoms with Crippen molar-refractivity contribution in [1.29, 1.82) is 0 Å². The standard InChI is InChI=1S/C11H18N4OS2/c1-4-5-8-9-10(14(2)13-8)15(11(17)12-9)6-7-18(3)16/h4-7H2,1-3H3,(H,12,17). The number of rotatable bonds is 5. The van der Waals surface area contributed by atoms with Gasteiger partial charge < -0.3 is 9.55 Å². The van der Waals surface area contributed by atoms with Crippen LogP contribution in [0.15, 0.2) is 0 Å². The van der Waals surface area contributed by atoms with Gasteiger partial charge in [-0.3, -0.25) is 8.89 Å². The summed E-state index contributed by atoms with van der Waals surface area (Å²) in [6.45, 7) is 2.79. The Hall–Kier alpha value is -0.950. The molecule has 0 aliphatic heterocycles. The van der Waals surface area contributed by atoms with Gasteiger partial charge in [-0.05, 0) is 18.6 Å². The SMILES string of the molecule is CCCc1nn(C)c2c1[nH]c(=S)n2CCS(C)=O. The third-order valence-electron chi connectivity index (χ3n) is 2.91. The van der Waals surface area contributed by atoms with Gasteiger partial charge in [-0.25, -0.2) is 0 Å². The molecular formula is C11H18N4OS2. The van der Waals surface area contributed by atoms with Gasteiger partial charge in [-0.15, -0.1) is 0 Å². The van der Waals surface area contributed by atoms with Crippen LogP contribution in [-0.2, 0) is 30.8 Å². The second kappa shape index (κ2) is 5.36. The quantitative estimate of drug-likeness (QED) is 0.852. The summed E-state index contributed by atoms with van der Waals surface area (Å²) in [6, 6.07) is 0. The summed E-state index contributed by atoms with van der Waals surface area (Å²) >= 11 is 5.33. The topological polar surface area (TPSA) is 55.6 Å². The van der Waals surface area contributed by atoms with Gasteiger partial charge in [0.05, 0.1) is 5.69 Å². The smallest absolute Gasteiger partial charge is 0.179 e. The Labute approximate surface area is 114 Å². The number of imidazole rings is 1. The Morgan fingerprint density at radius 3 is 2.83 bits per heavy atom. The zero-order valence-electron chi connectivity index (χ0n) is 10.9. The van der Waals surface area contributed by atoms with E-state index < -0.39 is 10.8 Å². The van der Waals surface area contributed by atoms with E-state index in [1.165, 1.54) is 0 Å². The fourth-order valence-corrected chi connectivity index (χ4v) is 2.84. The number of nitrogens with zero attached hydrogens (tertiary/aromatic N) is 3. The first-order chi connectivity index (χ1) is 8.54. The van der Waals surface area contributed by atoms with Gasteiger partial charge in [0.25, 0.3) is 0 Å². The highest BCUT2D eigenvalue weighted by Gasteiger charge is 2.14. The first-order valence-electron chi connectivity index (χ1n) is 5.99. The minimum atomic E-state index is -0.815. The number of aryl methyl sites for hydroxylation is 3. The summed E-state index contributed by atoms with van der Waals surface area (Å²) in [6.07, 6.45) is 3.70. The van der Waals surface area contributed by atoms with Crippen LogP contribution < -0.4 is 0 Å². The maximum atomic E-state index is 11.2. The molecule has 5 nitrogen and oxygen atoms in total. The van der Waals surface area contributed by atoms with Crippen molar-refractivity contribution in [3.05, 3.63) is 10.5 Å². The molecule has 0 saturated heterocycles. The number of aromatic nitrogens is 4. The predicted molar refractivity (Wildman–Crippen MR) is 76.8 cm³/mol. The third kappa shape index (κ3) is 2.42. The Bertz CT molecular complexity index is 637. The molecule has 2 aromatic rings. The molecule has 0 aliphatic rings. The molecule has 0 aliphatic carbocycles. The number of nitrogens with one attached hydrogen (secondary N) is 1. The molecule has 0 amide bonds. The van der Waals surface area contributed by atoms with Crippen molar-refractivity contribution in [2.75, 3.05) is 12.0 Å². The lowest BCUT2D eigenvalue weighted by Crippen LogP contribution is -2.09. The molecule has 7 heteroatoms. The molecule has 0 fully saturated rings.